The standard InChI is InChI=1S/C26H21N3O2S/c1-18-3-9-21(10-4-18)24-15-25(30)28(17-20-7-5-19(16-27)6-8-20)26(31)29(24)22-11-13-23(32-2)14-12-22/h3-15H,17H2,1-2H3. The molecule has 0 atom stereocenters. The lowest BCUT2D eigenvalue weighted by Crippen LogP contribution is -2.39. The number of benzene rings is 3. The first-order valence-corrected chi connectivity index (χ1v) is 11.3. The van der Waals surface area contributed by atoms with Crippen molar-refractivity contribution in [3.63, 3.8) is 0 Å². The molecule has 4 aromatic rings. The van der Waals surface area contributed by atoms with E-state index in [4.69, 9.17) is 5.26 Å². The van der Waals surface area contributed by atoms with Crippen molar-refractivity contribution >= 4 is 11.8 Å². The van der Waals surface area contributed by atoms with Gasteiger partial charge in [0.15, 0.2) is 0 Å². The molecule has 0 radical (unpaired) electrons. The Morgan fingerprint density at radius 1 is 0.906 bits per heavy atom. The molecule has 0 aliphatic heterocycles. The average molecular weight is 440 g/mol. The molecule has 0 fully saturated rings. The van der Waals surface area contributed by atoms with Crippen molar-refractivity contribution in [3.05, 3.63) is 116 Å². The number of aryl methyl sites for hydroxylation is 1. The summed E-state index contributed by atoms with van der Waals surface area (Å²) in [5.41, 5.74) is 3.66. The van der Waals surface area contributed by atoms with Crippen molar-refractivity contribution in [3.8, 4) is 23.0 Å². The van der Waals surface area contributed by atoms with Crippen molar-refractivity contribution < 1.29 is 0 Å². The summed E-state index contributed by atoms with van der Waals surface area (Å²) in [6.07, 6.45) is 2.00. The van der Waals surface area contributed by atoms with E-state index in [1.165, 1.54) is 10.6 Å². The number of rotatable bonds is 5. The fourth-order valence-electron chi connectivity index (χ4n) is 3.51. The molecule has 1 heterocycles. The SMILES string of the molecule is CSc1ccc(-n2c(-c3ccc(C)cc3)cc(=O)n(Cc3ccc(C#N)cc3)c2=O)cc1. The molecule has 0 amide bonds. The molecular weight excluding hydrogens is 418 g/mol. The lowest BCUT2D eigenvalue weighted by molar-refractivity contribution is 0.671. The molecule has 0 bridgehead atoms. The first kappa shape index (κ1) is 21.4. The fraction of sp³-hybridized carbons (Fsp3) is 0.115. The van der Waals surface area contributed by atoms with Crippen LogP contribution < -0.4 is 11.2 Å². The van der Waals surface area contributed by atoms with Gasteiger partial charge in [0, 0.05) is 11.0 Å². The highest BCUT2D eigenvalue weighted by atomic mass is 32.2. The van der Waals surface area contributed by atoms with Gasteiger partial charge in [0.05, 0.1) is 29.6 Å². The molecule has 32 heavy (non-hydrogen) atoms. The van der Waals surface area contributed by atoms with E-state index in [-0.39, 0.29) is 12.1 Å². The third kappa shape index (κ3) is 4.29. The fourth-order valence-corrected chi connectivity index (χ4v) is 3.92. The zero-order valence-corrected chi connectivity index (χ0v) is 18.6. The maximum Gasteiger partial charge on any atom is 0.336 e. The number of hydrogen-bond donors (Lipinski definition) is 0. The Bertz CT molecular complexity index is 1410. The van der Waals surface area contributed by atoms with Gasteiger partial charge < -0.3 is 0 Å². The third-order valence-corrected chi connectivity index (χ3v) is 6.03. The first-order valence-electron chi connectivity index (χ1n) is 10.1. The highest BCUT2D eigenvalue weighted by Crippen LogP contribution is 2.23. The number of nitriles is 1. The molecule has 0 spiro atoms. The molecule has 0 N–H and O–H groups in total. The van der Waals surface area contributed by atoms with Crippen LogP contribution in [-0.4, -0.2) is 15.4 Å². The van der Waals surface area contributed by atoms with E-state index in [2.05, 4.69) is 6.07 Å². The van der Waals surface area contributed by atoms with Crippen LogP contribution in [0.15, 0.2) is 93.3 Å². The molecule has 0 aliphatic rings. The molecule has 0 aliphatic carbocycles. The summed E-state index contributed by atoms with van der Waals surface area (Å²) in [6.45, 7) is 2.12. The van der Waals surface area contributed by atoms with Gasteiger partial charge in [-0.2, -0.15) is 5.26 Å². The van der Waals surface area contributed by atoms with Crippen LogP contribution >= 0.6 is 11.8 Å². The molecule has 4 rings (SSSR count). The first-order chi connectivity index (χ1) is 15.5. The van der Waals surface area contributed by atoms with Gasteiger partial charge in [-0.3, -0.25) is 13.9 Å². The number of hydrogen-bond acceptors (Lipinski definition) is 4. The Hall–Kier alpha value is -3.82. The zero-order chi connectivity index (χ0) is 22.7. The summed E-state index contributed by atoms with van der Waals surface area (Å²) in [4.78, 5) is 27.7. The van der Waals surface area contributed by atoms with E-state index >= 15 is 0 Å². The Kier molecular flexibility index (Phi) is 6.11. The van der Waals surface area contributed by atoms with E-state index < -0.39 is 5.69 Å². The molecule has 1 aromatic heterocycles. The van der Waals surface area contributed by atoms with Gasteiger partial charge >= 0.3 is 5.69 Å². The lowest BCUT2D eigenvalue weighted by atomic mass is 10.1. The highest BCUT2D eigenvalue weighted by molar-refractivity contribution is 7.98. The summed E-state index contributed by atoms with van der Waals surface area (Å²) >= 11 is 1.62. The molecule has 0 saturated heterocycles. The Balaban J connectivity index is 1.90. The monoisotopic (exact) mass is 439 g/mol. The van der Waals surface area contributed by atoms with E-state index in [9.17, 15) is 9.59 Å². The van der Waals surface area contributed by atoms with Crippen molar-refractivity contribution in [2.45, 2.75) is 18.4 Å². The minimum absolute atomic E-state index is 0.125. The van der Waals surface area contributed by atoms with Crippen LogP contribution in [-0.2, 0) is 6.54 Å². The lowest BCUT2D eigenvalue weighted by Gasteiger charge is -2.16. The van der Waals surface area contributed by atoms with Crippen LogP contribution in [0.4, 0.5) is 0 Å². The molecule has 6 heteroatoms. The second-order valence-corrected chi connectivity index (χ2v) is 8.32. The normalized spacial score (nSPS) is 10.7. The second-order valence-electron chi connectivity index (χ2n) is 7.44. The summed E-state index contributed by atoms with van der Waals surface area (Å²) in [6, 6.07) is 25.9. The van der Waals surface area contributed by atoms with Gasteiger partial charge in [-0.25, -0.2) is 4.79 Å². The van der Waals surface area contributed by atoms with Crippen molar-refractivity contribution in [2.75, 3.05) is 6.26 Å². The van der Waals surface area contributed by atoms with E-state index in [0.29, 0.717) is 16.9 Å². The Labute approximate surface area is 190 Å². The third-order valence-electron chi connectivity index (χ3n) is 5.29. The van der Waals surface area contributed by atoms with Crippen molar-refractivity contribution in [1.29, 1.82) is 5.26 Å². The number of aromatic nitrogens is 2. The quantitative estimate of drug-likeness (QED) is 0.426. The van der Waals surface area contributed by atoms with Crippen LogP contribution in [0.3, 0.4) is 0 Å². The summed E-state index contributed by atoms with van der Waals surface area (Å²) in [5.74, 6) is 0. The summed E-state index contributed by atoms with van der Waals surface area (Å²) < 4.78 is 2.81. The summed E-state index contributed by atoms with van der Waals surface area (Å²) in [7, 11) is 0. The summed E-state index contributed by atoms with van der Waals surface area (Å²) in [5, 5.41) is 9.00. The van der Waals surface area contributed by atoms with Crippen molar-refractivity contribution in [2.24, 2.45) is 0 Å². The van der Waals surface area contributed by atoms with Crippen LogP contribution in [0.5, 0.6) is 0 Å². The smallest absolute Gasteiger partial charge is 0.269 e. The predicted molar refractivity (Wildman–Crippen MR) is 129 cm³/mol. The predicted octanol–water partition coefficient (Wildman–Crippen LogP) is 4.62. The van der Waals surface area contributed by atoms with Crippen LogP contribution in [0.2, 0.25) is 0 Å². The van der Waals surface area contributed by atoms with Gasteiger partial charge in [0.2, 0.25) is 0 Å². The van der Waals surface area contributed by atoms with Gasteiger partial charge in [0.1, 0.15) is 0 Å². The van der Waals surface area contributed by atoms with Gasteiger partial charge in [-0.05, 0) is 60.7 Å². The Morgan fingerprint density at radius 3 is 2.16 bits per heavy atom. The average Bonchev–Trinajstić information content (AvgIpc) is 2.82. The number of thioether (sulfide) groups is 1. The maximum absolute atomic E-state index is 13.6. The molecule has 5 nitrogen and oxygen atoms in total. The van der Waals surface area contributed by atoms with E-state index in [0.717, 1.165) is 21.6 Å². The van der Waals surface area contributed by atoms with Gasteiger partial charge in [-0.1, -0.05) is 42.0 Å². The van der Waals surface area contributed by atoms with Crippen LogP contribution in [0.25, 0.3) is 16.9 Å². The van der Waals surface area contributed by atoms with E-state index in [1.807, 2.05) is 61.7 Å². The van der Waals surface area contributed by atoms with Crippen LogP contribution in [0.1, 0.15) is 16.7 Å². The second kappa shape index (κ2) is 9.13. The Morgan fingerprint density at radius 2 is 1.56 bits per heavy atom. The molecule has 3 aromatic carbocycles. The zero-order valence-electron chi connectivity index (χ0n) is 17.8. The maximum atomic E-state index is 13.6. The topological polar surface area (TPSA) is 67.8 Å². The number of nitrogens with zero attached hydrogens (tertiary/aromatic N) is 3. The highest BCUT2D eigenvalue weighted by Gasteiger charge is 2.15. The van der Waals surface area contributed by atoms with E-state index in [1.54, 1.807) is 40.6 Å². The molecular formula is C26H21N3O2S. The van der Waals surface area contributed by atoms with Gasteiger partial charge in [-0.15, -0.1) is 11.8 Å². The van der Waals surface area contributed by atoms with Gasteiger partial charge in [0.25, 0.3) is 5.56 Å². The molecule has 158 valence electrons. The minimum atomic E-state index is -0.408. The largest absolute Gasteiger partial charge is 0.336 e. The molecule has 0 unspecified atom stereocenters. The van der Waals surface area contributed by atoms with Crippen molar-refractivity contribution in [1.82, 2.24) is 9.13 Å². The minimum Gasteiger partial charge on any atom is -0.269 e. The molecule has 0 saturated carbocycles. The van der Waals surface area contributed by atoms with Crippen LogP contribution in [0, 0.1) is 18.3 Å².